The Morgan fingerprint density at radius 2 is 1.87 bits per heavy atom. The molecule has 0 saturated carbocycles. The highest BCUT2D eigenvalue weighted by atomic mass is 35.5. The summed E-state index contributed by atoms with van der Waals surface area (Å²) in [4.78, 5) is 12.5. The van der Waals surface area contributed by atoms with E-state index in [1.807, 2.05) is 0 Å². The predicted octanol–water partition coefficient (Wildman–Crippen LogP) is 5.48. The van der Waals surface area contributed by atoms with E-state index in [2.05, 4.69) is 15.2 Å². The molecule has 0 aliphatic heterocycles. The fourth-order valence-electron chi connectivity index (χ4n) is 2.55. The third-order valence-electron chi connectivity index (χ3n) is 3.85. The van der Waals surface area contributed by atoms with Crippen molar-refractivity contribution >= 4 is 34.8 Å². The first kappa shape index (κ1) is 22.6. The van der Waals surface area contributed by atoms with Crippen molar-refractivity contribution in [2.45, 2.75) is 20.3 Å². The zero-order chi connectivity index (χ0) is 22.4. The van der Waals surface area contributed by atoms with Gasteiger partial charge in [0.1, 0.15) is 0 Å². The fraction of sp³-hybridized carbons (Fsp3) is 0.200. The van der Waals surface area contributed by atoms with Gasteiger partial charge in [0.2, 0.25) is 0 Å². The SMILES string of the molecule is CCOc1cc(NC(=O)c2ccn(COc3c(Cl)cccc3Cl)n2)ccc1OC(F)F. The molecule has 11 heteroatoms. The molecule has 1 amide bonds. The van der Waals surface area contributed by atoms with Crippen LogP contribution in [0.25, 0.3) is 0 Å². The Bertz CT molecular complexity index is 1040. The Morgan fingerprint density at radius 1 is 1.13 bits per heavy atom. The zero-order valence-corrected chi connectivity index (χ0v) is 17.7. The highest BCUT2D eigenvalue weighted by Gasteiger charge is 2.15. The summed E-state index contributed by atoms with van der Waals surface area (Å²) in [6.45, 7) is -1.09. The molecule has 31 heavy (non-hydrogen) atoms. The highest BCUT2D eigenvalue weighted by Crippen LogP contribution is 2.33. The van der Waals surface area contributed by atoms with E-state index in [1.165, 1.54) is 28.9 Å². The molecular formula is C20H17Cl2F2N3O4. The van der Waals surface area contributed by atoms with Crippen LogP contribution in [-0.4, -0.2) is 28.9 Å². The van der Waals surface area contributed by atoms with Crippen LogP contribution in [0.3, 0.4) is 0 Å². The van der Waals surface area contributed by atoms with Crippen molar-refractivity contribution < 1.29 is 27.8 Å². The van der Waals surface area contributed by atoms with Gasteiger partial charge in [0.15, 0.2) is 29.7 Å². The summed E-state index contributed by atoms with van der Waals surface area (Å²) >= 11 is 12.1. The number of nitrogens with zero attached hydrogens (tertiary/aromatic N) is 2. The molecule has 0 spiro atoms. The van der Waals surface area contributed by atoms with Crippen molar-refractivity contribution in [2.75, 3.05) is 11.9 Å². The van der Waals surface area contributed by atoms with E-state index >= 15 is 0 Å². The predicted molar refractivity (Wildman–Crippen MR) is 112 cm³/mol. The summed E-state index contributed by atoms with van der Waals surface area (Å²) in [6.07, 6.45) is 1.55. The quantitative estimate of drug-likeness (QED) is 0.447. The number of para-hydroxylation sites is 1. The molecule has 0 unspecified atom stereocenters. The van der Waals surface area contributed by atoms with Crippen LogP contribution in [0.15, 0.2) is 48.7 Å². The maximum Gasteiger partial charge on any atom is 0.387 e. The number of halogens is 4. The molecule has 2 aromatic carbocycles. The van der Waals surface area contributed by atoms with Gasteiger partial charge in [0, 0.05) is 18.0 Å². The molecule has 0 bridgehead atoms. The van der Waals surface area contributed by atoms with E-state index in [0.29, 0.717) is 21.5 Å². The van der Waals surface area contributed by atoms with Gasteiger partial charge in [0.05, 0.1) is 16.7 Å². The standard InChI is InChI=1S/C20H17Cl2F2N3O4/c1-2-29-17-10-12(6-7-16(17)31-20(23)24)25-19(28)15-8-9-27(26-15)11-30-18-13(21)4-3-5-14(18)22/h3-10,20H,2,11H2,1H3,(H,25,28). The second-order valence-corrected chi connectivity index (χ2v) is 6.81. The van der Waals surface area contributed by atoms with Gasteiger partial charge in [-0.2, -0.15) is 13.9 Å². The van der Waals surface area contributed by atoms with Gasteiger partial charge >= 0.3 is 6.61 Å². The number of carbonyl (C=O) groups excluding carboxylic acids is 1. The number of ether oxygens (including phenoxy) is 3. The molecule has 0 aliphatic rings. The van der Waals surface area contributed by atoms with Crippen LogP contribution < -0.4 is 19.5 Å². The average Bonchev–Trinajstić information content (AvgIpc) is 3.19. The summed E-state index contributed by atoms with van der Waals surface area (Å²) in [6, 6.07) is 10.5. The van der Waals surface area contributed by atoms with E-state index in [4.69, 9.17) is 32.7 Å². The number of amides is 1. The molecule has 1 heterocycles. The molecule has 1 N–H and O–H groups in total. The van der Waals surface area contributed by atoms with Gasteiger partial charge in [-0.1, -0.05) is 29.3 Å². The van der Waals surface area contributed by atoms with Gasteiger partial charge in [-0.05, 0) is 37.3 Å². The molecule has 0 saturated heterocycles. The normalized spacial score (nSPS) is 10.8. The molecule has 0 aliphatic carbocycles. The van der Waals surface area contributed by atoms with Crippen LogP contribution in [0, 0.1) is 0 Å². The lowest BCUT2D eigenvalue weighted by molar-refractivity contribution is -0.0514. The Morgan fingerprint density at radius 3 is 2.55 bits per heavy atom. The fourth-order valence-corrected chi connectivity index (χ4v) is 3.05. The molecule has 0 atom stereocenters. The number of hydrogen-bond donors (Lipinski definition) is 1. The van der Waals surface area contributed by atoms with E-state index in [-0.39, 0.29) is 30.5 Å². The third-order valence-corrected chi connectivity index (χ3v) is 4.45. The number of hydrogen-bond acceptors (Lipinski definition) is 5. The lowest BCUT2D eigenvalue weighted by Gasteiger charge is -2.13. The molecule has 3 rings (SSSR count). The molecule has 164 valence electrons. The van der Waals surface area contributed by atoms with Crippen molar-refractivity contribution in [3.63, 3.8) is 0 Å². The summed E-state index contributed by atoms with van der Waals surface area (Å²) in [5.74, 6) is -0.257. The molecule has 7 nitrogen and oxygen atoms in total. The Hall–Kier alpha value is -3.04. The van der Waals surface area contributed by atoms with Crippen LogP contribution >= 0.6 is 23.2 Å². The van der Waals surface area contributed by atoms with Crippen molar-refractivity contribution in [1.82, 2.24) is 9.78 Å². The molecule has 3 aromatic rings. The number of anilines is 1. The van der Waals surface area contributed by atoms with Crippen LogP contribution in [0.2, 0.25) is 10.0 Å². The maximum atomic E-state index is 12.5. The highest BCUT2D eigenvalue weighted by molar-refractivity contribution is 6.37. The Balaban J connectivity index is 1.66. The minimum atomic E-state index is -2.99. The lowest BCUT2D eigenvalue weighted by atomic mass is 10.2. The van der Waals surface area contributed by atoms with Crippen molar-refractivity contribution in [1.29, 1.82) is 0 Å². The number of carbonyl (C=O) groups is 1. The van der Waals surface area contributed by atoms with Gasteiger partial charge < -0.3 is 19.5 Å². The molecule has 0 fully saturated rings. The van der Waals surface area contributed by atoms with Crippen LogP contribution in [-0.2, 0) is 6.73 Å². The van der Waals surface area contributed by atoms with E-state index in [9.17, 15) is 13.6 Å². The number of nitrogens with one attached hydrogen (secondary N) is 1. The second-order valence-electron chi connectivity index (χ2n) is 5.99. The Kier molecular flexibility index (Phi) is 7.54. The summed E-state index contributed by atoms with van der Waals surface area (Å²) in [5, 5.41) is 7.45. The maximum absolute atomic E-state index is 12.5. The summed E-state index contributed by atoms with van der Waals surface area (Å²) < 4.78 is 41.7. The average molecular weight is 472 g/mol. The molecule has 1 aromatic heterocycles. The third kappa shape index (κ3) is 5.99. The monoisotopic (exact) mass is 471 g/mol. The van der Waals surface area contributed by atoms with E-state index in [0.717, 1.165) is 0 Å². The van der Waals surface area contributed by atoms with Gasteiger partial charge in [-0.25, -0.2) is 4.68 Å². The number of aromatic nitrogens is 2. The largest absolute Gasteiger partial charge is 0.490 e. The van der Waals surface area contributed by atoms with E-state index < -0.39 is 12.5 Å². The Labute approximate surface area is 186 Å². The zero-order valence-electron chi connectivity index (χ0n) is 16.1. The number of benzene rings is 2. The summed E-state index contributed by atoms with van der Waals surface area (Å²) in [7, 11) is 0. The van der Waals surface area contributed by atoms with Crippen LogP contribution in [0.1, 0.15) is 17.4 Å². The van der Waals surface area contributed by atoms with Crippen molar-refractivity contribution in [2.24, 2.45) is 0 Å². The molecular weight excluding hydrogens is 455 g/mol. The van der Waals surface area contributed by atoms with Crippen molar-refractivity contribution in [3.05, 3.63) is 64.4 Å². The first-order valence-electron chi connectivity index (χ1n) is 9.00. The first-order chi connectivity index (χ1) is 14.9. The minimum Gasteiger partial charge on any atom is -0.490 e. The molecule has 0 radical (unpaired) electrons. The van der Waals surface area contributed by atoms with E-state index in [1.54, 1.807) is 31.3 Å². The number of alkyl halides is 2. The van der Waals surface area contributed by atoms with Gasteiger partial charge in [0.25, 0.3) is 5.91 Å². The lowest BCUT2D eigenvalue weighted by Crippen LogP contribution is -2.14. The topological polar surface area (TPSA) is 74.6 Å². The van der Waals surface area contributed by atoms with Gasteiger partial charge in [-0.15, -0.1) is 0 Å². The van der Waals surface area contributed by atoms with Gasteiger partial charge in [-0.3, -0.25) is 4.79 Å². The first-order valence-corrected chi connectivity index (χ1v) is 9.76. The summed E-state index contributed by atoms with van der Waals surface area (Å²) in [5.41, 5.74) is 0.434. The van der Waals surface area contributed by atoms with Crippen LogP contribution in [0.4, 0.5) is 14.5 Å². The second kappa shape index (κ2) is 10.3. The smallest absolute Gasteiger partial charge is 0.387 e. The van der Waals surface area contributed by atoms with Crippen molar-refractivity contribution in [3.8, 4) is 17.2 Å². The minimum absolute atomic E-state index is 0.0229. The number of rotatable bonds is 9. The van der Waals surface area contributed by atoms with Crippen LogP contribution in [0.5, 0.6) is 17.2 Å².